The second-order valence-electron chi connectivity index (χ2n) is 6.24. The Bertz CT molecular complexity index is 905. The third kappa shape index (κ3) is 3.36. The van der Waals surface area contributed by atoms with Crippen LogP contribution >= 0.6 is 0 Å². The maximum absolute atomic E-state index is 12.4. The molecule has 1 amide bonds. The van der Waals surface area contributed by atoms with Gasteiger partial charge in [-0.3, -0.25) is 9.78 Å². The van der Waals surface area contributed by atoms with Gasteiger partial charge in [0.15, 0.2) is 5.69 Å². The number of aliphatic hydroxyl groups excluding tert-OH is 1. The molecule has 25 heavy (non-hydrogen) atoms. The Morgan fingerprint density at radius 1 is 1.32 bits per heavy atom. The Morgan fingerprint density at radius 2 is 2.12 bits per heavy atom. The number of rotatable bonds is 5. The summed E-state index contributed by atoms with van der Waals surface area (Å²) >= 11 is 0. The number of aliphatic hydroxyl groups is 1. The van der Waals surface area contributed by atoms with E-state index in [2.05, 4.69) is 20.6 Å². The summed E-state index contributed by atoms with van der Waals surface area (Å²) in [6.45, 7) is 5.55. The molecule has 3 aromatic rings. The van der Waals surface area contributed by atoms with Gasteiger partial charge in [-0.05, 0) is 44.0 Å². The van der Waals surface area contributed by atoms with Gasteiger partial charge < -0.3 is 10.4 Å². The van der Waals surface area contributed by atoms with Crippen molar-refractivity contribution in [3.63, 3.8) is 0 Å². The summed E-state index contributed by atoms with van der Waals surface area (Å²) in [4.78, 5) is 16.7. The van der Waals surface area contributed by atoms with Crippen molar-refractivity contribution in [2.45, 2.75) is 26.8 Å². The van der Waals surface area contributed by atoms with Crippen molar-refractivity contribution in [3.05, 3.63) is 47.9 Å². The number of nitrogens with zero attached hydrogens (tertiary/aromatic N) is 4. The lowest BCUT2D eigenvalue weighted by Crippen LogP contribution is -2.38. The number of fused-ring (bicyclic) bond motifs is 1. The first-order chi connectivity index (χ1) is 12.0. The number of hydrogen-bond acceptors (Lipinski definition) is 5. The normalized spacial score (nSPS) is 13.6. The molecule has 130 valence electrons. The molecule has 2 unspecified atom stereocenters. The van der Waals surface area contributed by atoms with Crippen LogP contribution in [0, 0.1) is 12.8 Å². The van der Waals surface area contributed by atoms with E-state index < -0.39 is 0 Å². The number of pyridine rings is 1. The fourth-order valence-corrected chi connectivity index (χ4v) is 2.55. The molecule has 2 N–H and O–H groups in total. The molecule has 0 saturated heterocycles. The van der Waals surface area contributed by atoms with Crippen molar-refractivity contribution < 1.29 is 9.90 Å². The summed E-state index contributed by atoms with van der Waals surface area (Å²) in [7, 11) is 0. The standard InChI is InChI=1S/C18H21N5O2/c1-11(10-24)12(2)20-18(25)17-13(3)23(22-21-17)15-6-7-16-14(9-15)5-4-8-19-16/h4-9,11-12,24H,10H2,1-3H3,(H,20,25). The topological polar surface area (TPSA) is 92.9 Å². The van der Waals surface area contributed by atoms with E-state index in [-0.39, 0.29) is 30.2 Å². The first-order valence-electron chi connectivity index (χ1n) is 8.20. The molecule has 0 aliphatic carbocycles. The monoisotopic (exact) mass is 339 g/mol. The minimum absolute atomic E-state index is 0.0121. The van der Waals surface area contributed by atoms with Gasteiger partial charge in [0, 0.05) is 24.2 Å². The predicted octanol–water partition coefficient (Wildman–Crippen LogP) is 1.87. The molecule has 2 atom stereocenters. The van der Waals surface area contributed by atoms with Gasteiger partial charge in [-0.2, -0.15) is 0 Å². The maximum Gasteiger partial charge on any atom is 0.273 e. The van der Waals surface area contributed by atoms with Crippen LogP contribution in [0.5, 0.6) is 0 Å². The summed E-state index contributed by atoms with van der Waals surface area (Å²) < 4.78 is 1.64. The molecule has 2 aromatic heterocycles. The molecule has 7 nitrogen and oxygen atoms in total. The van der Waals surface area contributed by atoms with E-state index in [4.69, 9.17) is 0 Å². The van der Waals surface area contributed by atoms with Crippen LogP contribution in [0.3, 0.4) is 0 Å². The minimum atomic E-state index is -0.293. The number of amides is 1. The lowest BCUT2D eigenvalue weighted by atomic mass is 10.1. The average molecular weight is 339 g/mol. The summed E-state index contributed by atoms with van der Waals surface area (Å²) in [5, 5.41) is 21.2. The Hall–Kier alpha value is -2.80. The van der Waals surface area contributed by atoms with Gasteiger partial charge in [0.25, 0.3) is 5.91 Å². The average Bonchev–Trinajstić information content (AvgIpc) is 3.02. The summed E-state index contributed by atoms with van der Waals surface area (Å²) in [6.07, 6.45) is 1.75. The molecule has 0 aliphatic heterocycles. The van der Waals surface area contributed by atoms with Gasteiger partial charge in [-0.1, -0.05) is 18.2 Å². The van der Waals surface area contributed by atoms with Gasteiger partial charge in [-0.15, -0.1) is 5.10 Å². The first-order valence-corrected chi connectivity index (χ1v) is 8.20. The van der Waals surface area contributed by atoms with Crippen LogP contribution in [-0.2, 0) is 0 Å². The molecule has 3 rings (SSSR count). The lowest BCUT2D eigenvalue weighted by Gasteiger charge is -2.18. The molecule has 7 heteroatoms. The molecule has 0 fully saturated rings. The highest BCUT2D eigenvalue weighted by Crippen LogP contribution is 2.18. The number of benzene rings is 1. The van der Waals surface area contributed by atoms with E-state index in [1.54, 1.807) is 10.9 Å². The Balaban J connectivity index is 1.88. The molecule has 0 saturated carbocycles. The zero-order valence-corrected chi connectivity index (χ0v) is 14.5. The van der Waals surface area contributed by atoms with E-state index in [1.165, 1.54) is 0 Å². The highest BCUT2D eigenvalue weighted by atomic mass is 16.3. The fourth-order valence-electron chi connectivity index (χ4n) is 2.55. The number of hydrogen-bond donors (Lipinski definition) is 2. The summed E-state index contributed by atoms with van der Waals surface area (Å²) in [5.41, 5.74) is 2.66. The van der Waals surface area contributed by atoms with Crippen LogP contribution in [0.15, 0.2) is 36.5 Å². The van der Waals surface area contributed by atoms with Crippen LogP contribution < -0.4 is 5.32 Å². The maximum atomic E-state index is 12.4. The van der Waals surface area contributed by atoms with Crippen LogP contribution in [0.4, 0.5) is 0 Å². The van der Waals surface area contributed by atoms with Crippen LogP contribution in [0.25, 0.3) is 16.6 Å². The highest BCUT2D eigenvalue weighted by molar-refractivity contribution is 5.93. The SMILES string of the molecule is Cc1c(C(=O)NC(C)C(C)CO)nnn1-c1ccc2ncccc2c1. The van der Waals surface area contributed by atoms with Gasteiger partial charge in [0.2, 0.25) is 0 Å². The van der Waals surface area contributed by atoms with Crippen molar-refractivity contribution in [2.75, 3.05) is 6.61 Å². The Kier molecular flexibility index (Phi) is 4.76. The van der Waals surface area contributed by atoms with Crippen LogP contribution in [0.1, 0.15) is 30.0 Å². The summed E-state index contributed by atoms with van der Waals surface area (Å²) in [6, 6.07) is 9.47. The third-order valence-corrected chi connectivity index (χ3v) is 4.44. The van der Waals surface area contributed by atoms with Crippen LogP contribution in [0.2, 0.25) is 0 Å². The van der Waals surface area contributed by atoms with Crippen molar-refractivity contribution in [2.24, 2.45) is 5.92 Å². The van der Waals surface area contributed by atoms with Crippen molar-refractivity contribution in [3.8, 4) is 5.69 Å². The molecule has 2 heterocycles. The molecular weight excluding hydrogens is 318 g/mol. The lowest BCUT2D eigenvalue weighted by molar-refractivity contribution is 0.0910. The summed E-state index contributed by atoms with van der Waals surface area (Å²) in [5.74, 6) is -0.328. The van der Waals surface area contributed by atoms with E-state index in [0.29, 0.717) is 5.69 Å². The van der Waals surface area contributed by atoms with Gasteiger partial charge >= 0.3 is 0 Å². The predicted molar refractivity (Wildman–Crippen MR) is 94.6 cm³/mol. The third-order valence-electron chi connectivity index (χ3n) is 4.44. The zero-order chi connectivity index (χ0) is 18.0. The second-order valence-corrected chi connectivity index (χ2v) is 6.24. The van der Waals surface area contributed by atoms with E-state index >= 15 is 0 Å². The smallest absolute Gasteiger partial charge is 0.273 e. The molecule has 0 spiro atoms. The molecule has 0 bridgehead atoms. The van der Waals surface area contributed by atoms with Crippen molar-refractivity contribution in [1.82, 2.24) is 25.3 Å². The van der Waals surface area contributed by atoms with E-state index in [1.807, 2.05) is 51.1 Å². The van der Waals surface area contributed by atoms with Gasteiger partial charge in [0.05, 0.1) is 16.9 Å². The van der Waals surface area contributed by atoms with Crippen LogP contribution in [-0.4, -0.2) is 43.6 Å². The second kappa shape index (κ2) is 6.98. The van der Waals surface area contributed by atoms with Gasteiger partial charge in [0.1, 0.15) is 0 Å². The zero-order valence-electron chi connectivity index (χ0n) is 14.5. The quantitative estimate of drug-likeness (QED) is 0.740. The molecule has 0 aliphatic rings. The Morgan fingerprint density at radius 3 is 2.88 bits per heavy atom. The number of carbonyl (C=O) groups excluding carboxylic acids is 1. The highest BCUT2D eigenvalue weighted by Gasteiger charge is 2.21. The molecule has 1 aromatic carbocycles. The van der Waals surface area contributed by atoms with Crippen molar-refractivity contribution >= 4 is 16.8 Å². The number of carbonyl (C=O) groups is 1. The first kappa shape index (κ1) is 17.0. The van der Waals surface area contributed by atoms with Gasteiger partial charge in [-0.25, -0.2) is 4.68 Å². The minimum Gasteiger partial charge on any atom is -0.396 e. The number of nitrogens with one attached hydrogen (secondary N) is 1. The van der Waals surface area contributed by atoms with E-state index in [9.17, 15) is 9.90 Å². The van der Waals surface area contributed by atoms with E-state index in [0.717, 1.165) is 16.6 Å². The molecule has 0 radical (unpaired) electrons. The number of aromatic nitrogens is 4. The Labute approximate surface area is 145 Å². The van der Waals surface area contributed by atoms with Crippen molar-refractivity contribution in [1.29, 1.82) is 0 Å². The fraction of sp³-hybridized carbons (Fsp3) is 0.333. The largest absolute Gasteiger partial charge is 0.396 e. The molecular formula is C18H21N5O2.